The van der Waals surface area contributed by atoms with Gasteiger partial charge in [0, 0.05) is 37.3 Å². The average molecular weight is 337 g/mol. The van der Waals surface area contributed by atoms with Gasteiger partial charge in [0.15, 0.2) is 0 Å². The van der Waals surface area contributed by atoms with E-state index >= 15 is 0 Å². The first-order valence-electron chi connectivity index (χ1n) is 7.88. The molecule has 3 aromatic rings. The summed E-state index contributed by atoms with van der Waals surface area (Å²) in [5, 5.41) is 0. The molecule has 5 nitrogen and oxygen atoms in total. The minimum Gasteiger partial charge on any atom is -0.438 e. The molecule has 1 N–H and O–H groups in total. The van der Waals surface area contributed by atoms with Crippen LogP contribution in [-0.2, 0) is 6.42 Å². The van der Waals surface area contributed by atoms with Gasteiger partial charge in [0.25, 0.3) is 5.56 Å². The fourth-order valence-electron chi connectivity index (χ4n) is 2.85. The molecule has 0 unspecified atom stereocenters. The van der Waals surface area contributed by atoms with Crippen molar-refractivity contribution in [2.45, 2.75) is 6.42 Å². The number of fused-ring (bicyclic) bond motifs is 2. The summed E-state index contributed by atoms with van der Waals surface area (Å²) < 4.78 is 19.1. The number of hydrogen-bond donors (Lipinski definition) is 1. The van der Waals surface area contributed by atoms with Crippen LogP contribution >= 0.6 is 0 Å². The summed E-state index contributed by atoms with van der Waals surface area (Å²) in [6, 6.07) is 12.0. The number of anilines is 1. The van der Waals surface area contributed by atoms with E-state index in [4.69, 9.17) is 4.74 Å². The molecule has 0 fully saturated rings. The van der Waals surface area contributed by atoms with Crippen molar-refractivity contribution in [1.29, 1.82) is 0 Å². The van der Waals surface area contributed by atoms with E-state index in [-0.39, 0.29) is 17.3 Å². The molecule has 0 spiro atoms. The van der Waals surface area contributed by atoms with Crippen molar-refractivity contribution in [3.8, 4) is 23.0 Å². The summed E-state index contributed by atoms with van der Waals surface area (Å²) in [4.78, 5) is 21.7. The van der Waals surface area contributed by atoms with Crippen molar-refractivity contribution in [2.75, 3.05) is 19.0 Å². The van der Waals surface area contributed by atoms with Crippen molar-refractivity contribution >= 4 is 5.69 Å². The maximum atomic E-state index is 13.4. The Morgan fingerprint density at radius 2 is 1.92 bits per heavy atom. The van der Waals surface area contributed by atoms with Gasteiger partial charge in [-0.15, -0.1) is 0 Å². The van der Waals surface area contributed by atoms with Gasteiger partial charge in [-0.05, 0) is 42.5 Å². The van der Waals surface area contributed by atoms with Gasteiger partial charge in [-0.2, -0.15) is 4.98 Å². The molecule has 0 saturated heterocycles. The minimum absolute atomic E-state index is 0.272. The number of benzene rings is 2. The maximum absolute atomic E-state index is 13.4. The first kappa shape index (κ1) is 15.4. The Hall–Kier alpha value is -3.15. The quantitative estimate of drug-likeness (QED) is 0.609. The third-order valence-corrected chi connectivity index (χ3v) is 4.23. The van der Waals surface area contributed by atoms with Crippen molar-refractivity contribution < 1.29 is 9.13 Å². The second-order valence-corrected chi connectivity index (χ2v) is 6.17. The van der Waals surface area contributed by atoms with Crippen molar-refractivity contribution in [1.82, 2.24) is 9.97 Å². The Balaban J connectivity index is 1.75. The number of nitrogens with zero attached hydrogens (tertiary/aromatic N) is 2. The Bertz CT molecular complexity index is 1010. The van der Waals surface area contributed by atoms with E-state index in [1.165, 1.54) is 12.1 Å². The second kappa shape index (κ2) is 5.73. The Kier molecular flexibility index (Phi) is 3.53. The number of halogens is 1. The van der Waals surface area contributed by atoms with Crippen molar-refractivity contribution in [3.05, 3.63) is 69.8 Å². The minimum atomic E-state index is -0.354. The van der Waals surface area contributed by atoms with Crippen LogP contribution in [0.1, 0.15) is 11.1 Å². The first-order valence-corrected chi connectivity index (χ1v) is 7.88. The second-order valence-electron chi connectivity index (χ2n) is 6.17. The number of ether oxygens (including phenoxy) is 1. The third kappa shape index (κ3) is 2.76. The van der Waals surface area contributed by atoms with Crippen molar-refractivity contribution in [2.24, 2.45) is 0 Å². The molecule has 0 amide bonds. The average Bonchev–Trinajstić information content (AvgIpc) is 2.60. The number of H-pyrrole nitrogens is 1. The van der Waals surface area contributed by atoms with E-state index in [1.807, 2.05) is 43.3 Å². The van der Waals surface area contributed by atoms with Crippen LogP contribution in [0, 0.1) is 5.82 Å². The fraction of sp³-hybridized carbons (Fsp3) is 0.158. The molecule has 0 bridgehead atoms. The van der Waals surface area contributed by atoms with Gasteiger partial charge in [-0.25, -0.2) is 4.39 Å². The van der Waals surface area contributed by atoms with Crippen LogP contribution < -0.4 is 15.2 Å². The number of aromatic nitrogens is 2. The van der Waals surface area contributed by atoms with Gasteiger partial charge in [-0.3, -0.25) is 4.79 Å². The van der Waals surface area contributed by atoms with E-state index in [1.54, 1.807) is 6.07 Å². The molecule has 2 aromatic carbocycles. The summed E-state index contributed by atoms with van der Waals surface area (Å²) in [7, 11) is 3.92. The standard InChI is InChI=1S/C19H16FN3O2/c1-23(2)14-6-3-11(4-7-14)17-21-18(24)15-10-12-9-13(20)5-8-16(12)25-19(15)22-17/h3-9H,10H2,1-2H3,(H,21,22,24). The highest BCUT2D eigenvalue weighted by Crippen LogP contribution is 2.34. The van der Waals surface area contributed by atoms with Crippen LogP contribution in [0.5, 0.6) is 11.6 Å². The van der Waals surface area contributed by atoms with E-state index in [0.717, 1.165) is 11.3 Å². The van der Waals surface area contributed by atoms with E-state index < -0.39 is 0 Å². The Morgan fingerprint density at radius 3 is 2.64 bits per heavy atom. The smallest absolute Gasteiger partial charge is 0.258 e. The molecule has 6 heteroatoms. The predicted molar refractivity (Wildman–Crippen MR) is 93.9 cm³/mol. The SMILES string of the molecule is CN(C)c1ccc(-c2nc3c(c(=O)[nH]2)Cc2cc(F)ccc2O3)cc1. The zero-order valence-electron chi connectivity index (χ0n) is 13.8. The third-order valence-electron chi connectivity index (χ3n) is 4.23. The zero-order valence-corrected chi connectivity index (χ0v) is 13.8. The highest BCUT2D eigenvalue weighted by Gasteiger charge is 2.22. The van der Waals surface area contributed by atoms with Gasteiger partial charge < -0.3 is 14.6 Å². The molecule has 2 heterocycles. The lowest BCUT2D eigenvalue weighted by Gasteiger charge is -2.19. The number of nitrogens with one attached hydrogen (secondary N) is 1. The van der Waals surface area contributed by atoms with Gasteiger partial charge in [0.1, 0.15) is 17.4 Å². The number of hydrogen-bond acceptors (Lipinski definition) is 4. The van der Waals surface area contributed by atoms with E-state index in [2.05, 4.69) is 9.97 Å². The summed E-state index contributed by atoms with van der Waals surface area (Å²) in [6.07, 6.45) is 0.296. The van der Waals surface area contributed by atoms with Crippen molar-refractivity contribution in [3.63, 3.8) is 0 Å². The van der Waals surface area contributed by atoms with Crippen LogP contribution in [0.3, 0.4) is 0 Å². The largest absolute Gasteiger partial charge is 0.438 e. The molecule has 0 saturated carbocycles. The Morgan fingerprint density at radius 1 is 1.16 bits per heavy atom. The lowest BCUT2D eigenvalue weighted by atomic mass is 10.0. The van der Waals surface area contributed by atoms with Crippen LogP contribution in [0.2, 0.25) is 0 Å². The van der Waals surface area contributed by atoms with Gasteiger partial charge in [0.2, 0.25) is 5.88 Å². The summed E-state index contributed by atoms with van der Waals surface area (Å²) in [6.45, 7) is 0. The van der Waals surface area contributed by atoms with Crippen LogP contribution in [0.25, 0.3) is 11.4 Å². The molecular weight excluding hydrogens is 321 g/mol. The molecule has 0 radical (unpaired) electrons. The molecule has 1 aliphatic heterocycles. The predicted octanol–water partition coefficient (Wildman–Crippen LogP) is 3.34. The molecule has 25 heavy (non-hydrogen) atoms. The summed E-state index contributed by atoms with van der Waals surface area (Å²) >= 11 is 0. The van der Waals surface area contributed by atoms with Gasteiger partial charge >= 0.3 is 0 Å². The number of rotatable bonds is 2. The molecule has 0 atom stereocenters. The normalized spacial score (nSPS) is 12.1. The lowest BCUT2D eigenvalue weighted by Crippen LogP contribution is -2.20. The van der Waals surface area contributed by atoms with Gasteiger partial charge in [-0.1, -0.05) is 0 Å². The van der Waals surface area contributed by atoms with E-state index in [0.29, 0.717) is 29.1 Å². The van der Waals surface area contributed by atoms with Crippen LogP contribution in [0.15, 0.2) is 47.3 Å². The molecule has 1 aromatic heterocycles. The fourth-order valence-corrected chi connectivity index (χ4v) is 2.85. The molecule has 0 aliphatic carbocycles. The monoisotopic (exact) mass is 337 g/mol. The zero-order chi connectivity index (χ0) is 17.6. The lowest BCUT2D eigenvalue weighted by molar-refractivity contribution is 0.436. The van der Waals surface area contributed by atoms with Crippen LogP contribution in [-0.4, -0.2) is 24.1 Å². The van der Waals surface area contributed by atoms with E-state index in [9.17, 15) is 9.18 Å². The summed E-state index contributed by atoms with van der Waals surface area (Å²) in [5.41, 5.74) is 2.62. The maximum Gasteiger partial charge on any atom is 0.258 e. The molecule has 126 valence electrons. The highest BCUT2D eigenvalue weighted by molar-refractivity contribution is 5.61. The highest BCUT2D eigenvalue weighted by atomic mass is 19.1. The molecular formula is C19H16FN3O2. The van der Waals surface area contributed by atoms with Crippen LogP contribution in [0.4, 0.5) is 10.1 Å². The number of aromatic amines is 1. The summed E-state index contributed by atoms with van der Waals surface area (Å²) in [5.74, 6) is 0.892. The molecule has 1 aliphatic rings. The topological polar surface area (TPSA) is 58.2 Å². The van der Waals surface area contributed by atoms with Gasteiger partial charge in [0.05, 0.1) is 5.56 Å². The first-order chi connectivity index (χ1) is 12.0. The molecule has 4 rings (SSSR count). The Labute approximate surface area is 143 Å².